The maximum Gasteiger partial charge on any atom is 0.270 e. The van der Waals surface area contributed by atoms with E-state index in [9.17, 15) is 20.3 Å². The predicted molar refractivity (Wildman–Crippen MR) is 67.2 cm³/mol. The first kappa shape index (κ1) is 14.4. The standard InChI is InChI=1S/C11H12N2O4S/c12-6-7-5-8(13(16)17)1-2-9(7)11(15)10(14)3-4-18/h1-2,5,10-11,14-15,18H,3-4H2. The molecular formula is C11H12N2O4S. The minimum atomic E-state index is -1.26. The number of rotatable bonds is 5. The number of hydrogen-bond acceptors (Lipinski definition) is 6. The van der Waals surface area contributed by atoms with E-state index in [0.717, 1.165) is 6.07 Å². The molecule has 7 heteroatoms. The van der Waals surface area contributed by atoms with Gasteiger partial charge in [0.25, 0.3) is 5.69 Å². The lowest BCUT2D eigenvalue weighted by atomic mass is 9.97. The zero-order chi connectivity index (χ0) is 13.7. The van der Waals surface area contributed by atoms with E-state index >= 15 is 0 Å². The van der Waals surface area contributed by atoms with Crippen molar-refractivity contribution in [3.8, 4) is 6.07 Å². The molecule has 2 atom stereocenters. The quantitative estimate of drug-likeness (QED) is 0.422. The highest BCUT2D eigenvalue weighted by Gasteiger charge is 2.22. The molecule has 0 fully saturated rings. The largest absolute Gasteiger partial charge is 0.390 e. The lowest BCUT2D eigenvalue weighted by molar-refractivity contribution is -0.384. The van der Waals surface area contributed by atoms with Crippen molar-refractivity contribution in [2.75, 3.05) is 5.75 Å². The Morgan fingerprint density at radius 1 is 1.50 bits per heavy atom. The van der Waals surface area contributed by atoms with Crippen LogP contribution in [0.2, 0.25) is 0 Å². The molecule has 2 N–H and O–H groups in total. The molecule has 0 saturated carbocycles. The molecule has 96 valence electrons. The summed E-state index contributed by atoms with van der Waals surface area (Å²) in [6.45, 7) is 0. The smallest absolute Gasteiger partial charge is 0.270 e. The molecule has 0 amide bonds. The Balaban J connectivity index is 3.10. The van der Waals surface area contributed by atoms with Gasteiger partial charge in [-0.25, -0.2) is 0 Å². The van der Waals surface area contributed by atoms with Crippen molar-refractivity contribution in [3.05, 3.63) is 39.4 Å². The average molecular weight is 268 g/mol. The Hall–Kier alpha value is -1.62. The van der Waals surface area contributed by atoms with Gasteiger partial charge < -0.3 is 10.2 Å². The van der Waals surface area contributed by atoms with Gasteiger partial charge in [-0.05, 0) is 18.2 Å². The molecule has 0 aromatic heterocycles. The van der Waals surface area contributed by atoms with Crippen molar-refractivity contribution in [1.82, 2.24) is 0 Å². The van der Waals surface area contributed by atoms with E-state index in [1.54, 1.807) is 6.07 Å². The topological polar surface area (TPSA) is 107 Å². The van der Waals surface area contributed by atoms with Gasteiger partial charge in [0, 0.05) is 17.7 Å². The highest BCUT2D eigenvalue weighted by Crippen LogP contribution is 2.26. The van der Waals surface area contributed by atoms with Crippen LogP contribution in [0.3, 0.4) is 0 Å². The fraction of sp³-hybridized carbons (Fsp3) is 0.364. The summed E-state index contributed by atoms with van der Waals surface area (Å²) in [7, 11) is 0. The molecule has 1 aromatic carbocycles. The molecule has 1 rings (SSSR count). The van der Waals surface area contributed by atoms with Crippen molar-refractivity contribution in [2.45, 2.75) is 18.6 Å². The molecule has 0 heterocycles. The molecule has 18 heavy (non-hydrogen) atoms. The second-order valence-corrected chi connectivity index (χ2v) is 4.11. The van der Waals surface area contributed by atoms with E-state index in [0.29, 0.717) is 5.75 Å². The molecule has 0 spiro atoms. The third-order valence-corrected chi connectivity index (χ3v) is 2.73. The molecule has 2 unspecified atom stereocenters. The van der Waals surface area contributed by atoms with Gasteiger partial charge in [-0.2, -0.15) is 17.9 Å². The number of aliphatic hydroxyl groups is 2. The molecule has 0 aliphatic heterocycles. The van der Waals surface area contributed by atoms with Gasteiger partial charge in [0.1, 0.15) is 6.10 Å². The summed E-state index contributed by atoms with van der Waals surface area (Å²) >= 11 is 3.93. The van der Waals surface area contributed by atoms with Gasteiger partial charge in [0.15, 0.2) is 0 Å². The van der Waals surface area contributed by atoms with Crippen LogP contribution in [0.4, 0.5) is 5.69 Å². The Labute approximate surface area is 109 Å². The fourth-order valence-corrected chi connectivity index (χ4v) is 1.77. The zero-order valence-corrected chi connectivity index (χ0v) is 10.2. The second-order valence-electron chi connectivity index (χ2n) is 3.66. The minimum Gasteiger partial charge on any atom is -0.390 e. The molecule has 1 aromatic rings. The van der Waals surface area contributed by atoms with Crippen molar-refractivity contribution < 1.29 is 15.1 Å². The summed E-state index contributed by atoms with van der Waals surface area (Å²) in [5.74, 6) is 0.382. The number of nitrogens with zero attached hydrogens (tertiary/aromatic N) is 2. The number of non-ortho nitro benzene ring substituents is 1. The Morgan fingerprint density at radius 3 is 2.67 bits per heavy atom. The third-order valence-electron chi connectivity index (χ3n) is 2.48. The summed E-state index contributed by atoms with van der Waals surface area (Å²) in [6, 6.07) is 5.32. The first-order valence-corrected chi connectivity index (χ1v) is 5.80. The first-order valence-electron chi connectivity index (χ1n) is 5.16. The minimum absolute atomic E-state index is 0.0186. The predicted octanol–water partition coefficient (Wildman–Crippen LogP) is 1.18. The molecule has 0 aliphatic carbocycles. The van der Waals surface area contributed by atoms with E-state index in [1.807, 2.05) is 0 Å². The number of nitro groups is 1. The summed E-state index contributed by atoms with van der Waals surface area (Å²) in [5.41, 5.74) is -0.0708. The number of benzene rings is 1. The van der Waals surface area contributed by atoms with Crippen LogP contribution < -0.4 is 0 Å². The molecule has 0 saturated heterocycles. The van der Waals surface area contributed by atoms with Crippen LogP contribution in [-0.2, 0) is 0 Å². The van der Waals surface area contributed by atoms with Crippen molar-refractivity contribution in [1.29, 1.82) is 5.26 Å². The Bertz CT molecular complexity index is 486. The van der Waals surface area contributed by atoms with Crippen LogP contribution in [0, 0.1) is 21.4 Å². The molecule has 0 bridgehead atoms. The van der Waals surface area contributed by atoms with Crippen molar-refractivity contribution in [2.24, 2.45) is 0 Å². The van der Waals surface area contributed by atoms with Crippen LogP contribution in [-0.4, -0.2) is 27.0 Å². The van der Waals surface area contributed by atoms with E-state index in [2.05, 4.69) is 12.6 Å². The molecular weight excluding hydrogens is 256 g/mol. The fourth-order valence-electron chi connectivity index (χ4n) is 1.51. The Morgan fingerprint density at radius 2 is 2.17 bits per heavy atom. The van der Waals surface area contributed by atoms with E-state index in [-0.39, 0.29) is 23.2 Å². The van der Waals surface area contributed by atoms with Crippen LogP contribution in [0.5, 0.6) is 0 Å². The van der Waals surface area contributed by atoms with E-state index in [4.69, 9.17) is 5.26 Å². The van der Waals surface area contributed by atoms with Gasteiger partial charge in [-0.1, -0.05) is 0 Å². The van der Waals surface area contributed by atoms with Crippen LogP contribution in [0.1, 0.15) is 23.7 Å². The number of hydrogen-bond donors (Lipinski definition) is 3. The second kappa shape index (κ2) is 6.35. The first-order chi connectivity index (χ1) is 8.51. The number of nitriles is 1. The van der Waals surface area contributed by atoms with Crippen LogP contribution in [0.15, 0.2) is 18.2 Å². The zero-order valence-electron chi connectivity index (χ0n) is 9.35. The summed E-state index contributed by atoms with van der Waals surface area (Å²) in [4.78, 5) is 9.94. The van der Waals surface area contributed by atoms with Crippen LogP contribution >= 0.6 is 12.6 Å². The summed E-state index contributed by atoms with van der Waals surface area (Å²) in [6.07, 6.45) is -2.06. The highest BCUT2D eigenvalue weighted by atomic mass is 32.1. The number of aliphatic hydroxyl groups excluding tert-OH is 2. The van der Waals surface area contributed by atoms with Gasteiger partial charge in [0.05, 0.1) is 22.7 Å². The average Bonchev–Trinajstić information content (AvgIpc) is 2.37. The van der Waals surface area contributed by atoms with Gasteiger partial charge in [-0.3, -0.25) is 10.1 Å². The monoisotopic (exact) mass is 268 g/mol. The normalized spacial score (nSPS) is 13.7. The van der Waals surface area contributed by atoms with E-state index in [1.165, 1.54) is 12.1 Å². The lowest BCUT2D eigenvalue weighted by Gasteiger charge is -2.18. The van der Waals surface area contributed by atoms with Gasteiger partial charge in [0.2, 0.25) is 0 Å². The summed E-state index contributed by atoms with van der Waals surface area (Å²) < 4.78 is 0. The molecule has 6 nitrogen and oxygen atoms in total. The Kier molecular flexibility index (Phi) is 5.09. The van der Waals surface area contributed by atoms with Gasteiger partial charge >= 0.3 is 0 Å². The van der Waals surface area contributed by atoms with Crippen molar-refractivity contribution in [3.63, 3.8) is 0 Å². The lowest BCUT2D eigenvalue weighted by Crippen LogP contribution is -2.19. The number of nitro benzene ring substituents is 1. The number of thiol groups is 1. The summed E-state index contributed by atoms with van der Waals surface area (Å²) in [5, 5.41) is 38.9. The molecule has 0 aliphatic rings. The molecule has 0 radical (unpaired) electrons. The van der Waals surface area contributed by atoms with Crippen molar-refractivity contribution >= 4 is 18.3 Å². The van der Waals surface area contributed by atoms with Crippen LogP contribution in [0.25, 0.3) is 0 Å². The third kappa shape index (κ3) is 3.20. The maximum absolute atomic E-state index is 10.6. The van der Waals surface area contributed by atoms with Gasteiger partial charge in [-0.15, -0.1) is 0 Å². The maximum atomic E-state index is 10.6. The van der Waals surface area contributed by atoms with E-state index < -0.39 is 17.1 Å². The SMILES string of the molecule is N#Cc1cc([N+](=O)[O-])ccc1C(O)C(O)CCS. The highest BCUT2D eigenvalue weighted by molar-refractivity contribution is 7.80.